The second-order valence-corrected chi connectivity index (χ2v) is 8.18. The summed E-state index contributed by atoms with van der Waals surface area (Å²) in [7, 11) is -2.18. The number of ether oxygens (including phenoxy) is 1. The molecule has 0 radical (unpaired) electrons. The summed E-state index contributed by atoms with van der Waals surface area (Å²) in [4.78, 5) is 11.5. The number of carbonyl (C=O) groups is 1. The fourth-order valence-electron chi connectivity index (χ4n) is 3.06. The third kappa shape index (κ3) is 5.42. The van der Waals surface area contributed by atoms with Gasteiger partial charge in [-0.25, -0.2) is 17.9 Å². The first-order chi connectivity index (χ1) is 11.8. The van der Waals surface area contributed by atoms with E-state index in [1.54, 1.807) is 7.11 Å². The Morgan fingerprint density at radius 3 is 2.60 bits per heavy atom. The van der Waals surface area contributed by atoms with Gasteiger partial charge in [0.2, 0.25) is 10.0 Å². The van der Waals surface area contributed by atoms with Crippen molar-refractivity contribution >= 4 is 21.7 Å². The molecule has 1 atom stereocenters. The number of anilines is 1. The summed E-state index contributed by atoms with van der Waals surface area (Å²) in [6.45, 7) is 2.26. The van der Waals surface area contributed by atoms with Crippen LogP contribution in [0.15, 0.2) is 23.1 Å². The molecule has 1 aliphatic rings. The van der Waals surface area contributed by atoms with Crippen molar-refractivity contribution < 1.29 is 23.1 Å². The number of carboxylic acid groups (broad SMARTS) is 1. The van der Waals surface area contributed by atoms with Crippen molar-refractivity contribution in [1.82, 2.24) is 4.72 Å². The molecular formula is C17H26N2O5S. The molecule has 0 aromatic heterocycles. The number of hydrogen-bond acceptors (Lipinski definition) is 5. The number of aromatic carboxylic acids is 1. The van der Waals surface area contributed by atoms with Crippen LogP contribution in [-0.4, -0.2) is 45.3 Å². The number of hydrogen-bond donors (Lipinski definition) is 3. The van der Waals surface area contributed by atoms with E-state index in [2.05, 4.69) is 10.0 Å². The van der Waals surface area contributed by atoms with E-state index in [1.165, 1.54) is 18.2 Å². The zero-order valence-electron chi connectivity index (χ0n) is 14.6. The van der Waals surface area contributed by atoms with Crippen LogP contribution in [0.4, 0.5) is 5.69 Å². The molecule has 3 N–H and O–H groups in total. The molecule has 0 heterocycles. The van der Waals surface area contributed by atoms with Gasteiger partial charge < -0.3 is 15.2 Å². The van der Waals surface area contributed by atoms with Gasteiger partial charge >= 0.3 is 5.97 Å². The number of methoxy groups -OCH3 is 1. The van der Waals surface area contributed by atoms with Gasteiger partial charge in [0.25, 0.3) is 0 Å². The summed E-state index contributed by atoms with van der Waals surface area (Å²) in [5, 5.41) is 12.5. The number of sulfonamides is 1. The van der Waals surface area contributed by atoms with E-state index in [9.17, 15) is 18.3 Å². The molecule has 1 saturated carbocycles. The van der Waals surface area contributed by atoms with Gasteiger partial charge in [-0.1, -0.05) is 19.3 Å². The van der Waals surface area contributed by atoms with Crippen LogP contribution in [0.2, 0.25) is 0 Å². The normalized spacial score (nSPS) is 17.2. The molecule has 0 spiro atoms. The predicted molar refractivity (Wildman–Crippen MR) is 95.6 cm³/mol. The molecule has 8 heteroatoms. The first-order valence-corrected chi connectivity index (χ1v) is 9.97. The lowest BCUT2D eigenvalue weighted by Crippen LogP contribution is -2.36. The first kappa shape index (κ1) is 19.7. The molecule has 0 saturated heterocycles. The smallest absolute Gasteiger partial charge is 0.337 e. The fraction of sp³-hybridized carbons (Fsp3) is 0.588. The molecule has 1 aromatic rings. The van der Waals surface area contributed by atoms with Crippen molar-refractivity contribution in [1.29, 1.82) is 0 Å². The molecule has 2 rings (SSSR count). The summed E-state index contributed by atoms with van der Waals surface area (Å²) >= 11 is 0. The molecule has 1 aromatic carbocycles. The Labute approximate surface area is 148 Å². The highest BCUT2D eigenvalue weighted by molar-refractivity contribution is 7.89. The van der Waals surface area contributed by atoms with E-state index >= 15 is 0 Å². The molecule has 140 valence electrons. The van der Waals surface area contributed by atoms with Gasteiger partial charge in [0, 0.05) is 24.9 Å². The molecule has 0 aliphatic heterocycles. The molecule has 0 amide bonds. The Morgan fingerprint density at radius 2 is 2.00 bits per heavy atom. The topological polar surface area (TPSA) is 105 Å². The number of rotatable bonds is 8. The molecule has 7 nitrogen and oxygen atoms in total. The summed E-state index contributed by atoms with van der Waals surface area (Å²) in [6, 6.07) is 3.94. The second-order valence-electron chi connectivity index (χ2n) is 6.47. The zero-order valence-corrected chi connectivity index (χ0v) is 15.4. The second kappa shape index (κ2) is 8.64. The lowest BCUT2D eigenvalue weighted by molar-refractivity contribution is 0.0697. The van der Waals surface area contributed by atoms with Crippen LogP contribution < -0.4 is 10.0 Å². The minimum Gasteiger partial charge on any atom is -0.478 e. The van der Waals surface area contributed by atoms with Gasteiger partial charge in [-0.15, -0.1) is 0 Å². The number of nitrogens with one attached hydrogen (secondary N) is 2. The van der Waals surface area contributed by atoms with Gasteiger partial charge in [-0.05, 0) is 38.0 Å². The van der Waals surface area contributed by atoms with Crippen molar-refractivity contribution in [2.75, 3.05) is 19.0 Å². The van der Waals surface area contributed by atoms with Crippen molar-refractivity contribution in [2.24, 2.45) is 0 Å². The summed E-state index contributed by atoms with van der Waals surface area (Å²) in [6.07, 6.45) is 4.78. The van der Waals surface area contributed by atoms with Crippen molar-refractivity contribution in [3.63, 3.8) is 0 Å². The van der Waals surface area contributed by atoms with Crippen LogP contribution in [-0.2, 0) is 14.8 Å². The highest BCUT2D eigenvalue weighted by atomic mass is 32.2. The minimum atomic E-state index is -3.74. The van der Waals surface area contributed by atoms with Crippen LogP contribution in [0.1, 0.15) is 49.4 Å². The Morgan fingerprint density at radius 1 is 1.32 bits per heavy atom. The average Bonchev–Trinajstić information content (AvgIpc) is 2.55. The Bertz CT molecular complexity index is 699. The number of benzene rings is 1. The largest absolute Gasteiger partial charge is 0.478 e. The maximum atomic E-state index is 12.6. The fourth-order valence-corrected chi connectivity index (χ4v) is 4.39. The van der Waals surface area contributed by atoms with Gasteiger partial charge in [-0.3, -0.25) is 0 Å². The SMILES string of the molecule is COC[C@H](C)Nc1ccc(S(=O)(=O)NC2CCCCC2)cc1C(=O)O. The Kier molecular flexibility index (Phi) is 6.80. The lowest BCUT2D eigenvalue weighted by Gasteiger charge is -2.23. The summed E-state index contributed by atoms with van der Waals surface area (Å²) < 4.78 is 32.9. The van der Waals surface area contributed by atoms with Crippen molar-refractivity contribution in [3.05, 3.63) is 23.8 Å². The minimum absolute atomic E-state index is 0.0274. The lowest BCUT2D eigenvalue weighted by atomic mass is 9.96. The van der Waals surface area contributed by atoms with Gasteiger partial charge in [0.1, 0.15) is 0 Å². The van der Waals surface area contributed by atoms with Crippen molar-refractivity contribution in [3.8, 4) is 0 Å². The zero-order chi connectivity index (χ0) is 18.4. The van der Waals surface area contributed by atoms with Gasteiger partial charge in [0.05, 0.1) is 17.1 Å². The van der Waals surface area contributed by atoms with E-state index in [0.29, 0.717) is 12.3 Å². The maximum absolute atomic E-state index is 12.6. The first-order valence-electron chi connectivity index (χ1n) is 8.48. The van der Waals surface area contributed by atoms with Crippen LogP contribution >= 0.6 is 0 Å². The Hall–Kier alpha value is -1.64. The maximum Gasteiger partial charge on any atom is 0.337 e. The molecule has 1 fully saturated rings. The van der Waals surface area contributed by atoms with Crippen LogP contribution in [0.5, 0.6) is 0 Å². The van der Waals surface area contributed by atoms with E-state index in [0.717, 1.165) is 32.1 Å². The van der Waals surface area contributed by atoms with Crippen LogP contribution in [0, 0.1) is 0 Å². The van der Waals surface area contributed by atoms with E-state index in [1.807, 2.05) is 6.92 Å². The predicted octanol–water partition coefficient (Wildman–Crippen LogP) is 2.44. The van der Waals surface area contributed by atoms with Crippen LogP contribution in [0.3, 0.4) is 0 Å². The average molecular weight is 370 g/mol. The monoisotopic (exact) mass is 370 g/mol. The molecule has 0 bridgehead atoms. The van der Waals surface area contributed by atoms with E-state index in [4.69, 9.17) is 4.74 Å². The highest BCUT2D eigenvalue weighted by Gasteiger charge is 2.24. The van der Waals surface area contributed by atoms with Crippen LogP contribution in [0.25, 0.3) is 0 Å². The van der Waals surface area contributed by atoms with E-state index in [-0.39, 0.29) is 22.5 Å². The molecule has 25 heavy (non-hydrogen) atoms. The third-order valence-electron chi connectivity index (χ3n) is 4.28. The summed E-state index contributed by atoms with van der Waals surface area (Å²) in [5.41, 5.74) is 0.295. The molecular weight excluding hydrogens is 344 g/mol. The molecule has 1 aliphatic carbocycles. The van der Waals surface area contributed by atoms with Crippen molar-refractivity contribution in [2.45, 2.75) is 56.0 Å². The quantitative estimate of drug-likeness (QED) is 0.649. The van der Waals surface area contributed by atoms with E-state index < -0.39 is 16.0 Å². The Balaban J connectivity index is 2.23. The standard InChI is InChI=1S/C17H26N2O5S/c1-12(11-24-2)18-16-9-8-14(10-15(16)17(20)21)25(22,23)19-13-6-4-3-5-7-13/h8-10,12-13,18-19H,3-7,11H2,1-2H3,(H,20,21)/t12-/m0/s1. The third-order valence-corrected chi connectivity index (χ3v) is 5.80. The number of carboxylic acids is 1. The van der Waals surface area contributed by atoms with Gasteiger partial charge in [0.15, 0.2) is 0 Å². The highest BCUT2D eigenvalue weighted by Crippen LogP contribution is 2.24. The molecule has 0 unspecified atom stereocenters. The summed E-state index contributed by atoms with van der Waals surface area (Å²) in [5.74, 6) is -1.18. The van der Waals surface area contributed by atoms with Gasteiger partial charge in [-0.2, -0.15) is 0 Å².